The van der Waals surface area contributed by atoms with Crippen molar-refractivity contribution in [1.82, 2.24) is 14.9 Å². The highest BCUT2D eigenvalue weighted by molar-refractivity contribution is 5.76. The molecule has 1 fully saturated rings. The van der Waals surface area contributed by atoms with Gasteiger partial charge in [0.25, 0.3) is 0 Å². The zero-order chi connectivity index (χ0) is 12.8. The first-order valence-corrected chi connectivity index (χ1v) is 6.82. The van der Waals surface area contributed by atoms with Crippen molar-refractivity contribution in [2.75, 3.05) is 6.54 Å². The molecule has 1 unspecified atom stereocenters. The number of benzene rings is 1. The third-order valence-electron chi connectivity index (χ3n) is 4.14. The second-order valence-electron chi connectivity index (χ2n) is 5.81. The summed E-state index contributed by atoms with van der Waals surface area (Å²) in [6.45, 7) is 7.79. The zero-order valence-electron chi connectivity index (χ0n) is 11.4. The molecule has 18 heavy (non-hydrogen) atoms. The van der Waals surface area contributed by atoms with E-state index in [0.717, 1.165) is 12.1 Å². The number of imidazole rings is 1. The van der Waals surface area contributed by atoms with Crippen LogP contribution in [0.2, 0.25) is 0 Å². The molecule has 1 aromatic heterocycles. The summed E-state index contributed by atoms with van der Waals surface area (Å²) in [5.41, 5.74) is 3.84. The second-order valence-corrected chi connectivity index (χ2v) is 5.81. The maximum atomic E-state index is 4.54. The van der Waals surface area contributed by atoms with E-state index >= 15 is 0 Å². The average Bonchev–Trinajstić information content (AvgIpc) is 2.94. The van der Waals surface area contributed by atoms with Crippen molar-refractivity contribution in [2.24, 2.45) is 0 Å². The van der Waals surface area contributed by atoms with Crippen LogP contribution < -0.4 is 5.32 Å². The van der Waals surface area contributed by atoms with E-state index in [1.54, 1.807) is 0 Å². The Hall–Kier alpha value is -1.35. The minimum Gasteiger partial charge on any atom is -0.328 e. The van der Waals surface area contributed by atoms with Crippen molar-refractivity contribution in [2.45, 2.75) is 45.2 Å². The molecular weight excluding hydrogens is 222 g/mol. The lowest BCUT2D eigenvalue weighted by molar-refractivity contribution is 0.435. The van der Waals surface area contributed by atoms with Gasteiger partial charge >= 0.3 is 0 Å². The van der Waals surface area contributed by atoms with Crippen LogP contribution in [-0.4, -0.2) is 16.1 Å². The Kier molecular flexibility index (Phi) is 2.67. The Balaban J connectivity index is 2.07. The quantitative estimate of drug-likeness (QED) is 0.877. The molecule has 1 atom stereocenters. The standard InChI is InChI=1S/C15H21N3/c1-11(2)18-10-16-13-9-12(5-6-14(13)18)15(3)7-4-8-17-15/h5-6,9-11,17H,4,7-8H2,1-3H3. The summed E-state index contributed by atoms with van der Waals surface area (Å²) < 4.78 is 2.23. The van der Waals surface area contributed by atoms with E-state index in [2.05, 4.69) is 53.8 Å². The zero-order valence-corrected chi connectivity index (χ0v) is 11.4. The largest absolute Gasteiger partial charge is 0.328 e. The molecule has 3 nitrogen and oxygen atoms in total. The van der Waals surface area contributed by atoms with Crippen molar-refractivity contribution >= 4 is 11.0 Å². The first kappa shape index (κ1) is 11.7. The third-order valence-corrected chi connectivity index (χ3v) is 4.14. The lowest BCUT2D eigenvalue weighted by atomic mass is 9.90. The van der Waals surface area contributed by atoms with Crippen LogP contribution in [-0.2, 0) is 5.54 Å². The molecule has 0 amide bonds. The first-order valence-electron chi connectivity index (χ1n) is 6.82. The van der Waals surface area contributed by atoms with Gasteiger partial charge in [0, 0.05) is 11.6 Å². The van der Waals surface area contributed by atoms with Gasteiger partial charge < -0.3 is 9.88 Å². The van der Waals surface area contributed by atoms with Crippen LogP contribution in [0.15, 0.2) is 24.5 Å². The maximum Gasteiger partial charge on any atom is 0.0960 e. The van der Waals surface area contributed by atoms with Crippen LogP contribution >= 0.6 is 0 Å². The number of rotatable bonds is 2. The molecule has 0 aliphatic carbocycles. The smallest absolute Gasteiger partial charge is 0.0960 e. The summed E-state index contributed by atoms with van der Waals surface area (Å²) in [4.78, 5) is 4.54. The fourth-order valence-corrected chi connectivity index (χ4v) is 2.93. The van der Waals surface area contributed by atoms with Crippen LogP contribution in [0, 0.1) is 0 Å². The fourth-order valence-electron chi connectivity index (χ4n) is 2.93. The number of nitrogens with zero attached hydrogens (tertiary/aromatic N) is 2. The number of hydrogen-bond acceptors (Lipinski definition) is 2. The normalized spacial score (nSPS) is 24.2. The third kappa shape index (κ3) is 1.74. The van der Waals surface area contributed by atoms with Crippen molar-refractivity contribution in [3.63, 3.8) is 0 Å². The van der Waals surface area contributed by atoms with Gasteiger partial charge in [0.05, 0.1) is 17.4 Å². The minimum atomic E-state index is 0.135. The fraction of sp³-hybridized carbons (Fsp3) is 0.533. The van der Waals surface area contributed by atoms with Crippen LogP contribution in [0.5, 0.6) is 0 Å². The molecule has 3 heteroatoms. The predicted molar refractivity (Wildman–Crippen MR) is 74.7 cm³/mol. The summed E-state index contributed by atoms with van der Waals surface area (Å²) in [5, 5.41) is 3.61. The topological polar surface area (TPSA) is 29.9 Å². The van der Waals surface area contributed by atoms with Gasteiger partial charge in [-0.3, -0.25) is 0 Å². The first-order chi connectivity index (χ1) is 8.60. The summed E-state index contributed by atoms with van der Waals surface area (Å²) in [6, 6.07) is 7.16. The molecular formula is C15H21N3. The maximum absolute atomic E-state index is 4.54. The van der Waals surface area contributed by atoms with Crippen LogP contribution in [0.4, 0.5) is 0 Å². The van der Waals surface area contributed by atoms with E-state index in [-0.39, 0.29) is 5.54 Å². The molecule has 0 spiro atoms. The highest BCUT2D eigenvalue weighted by Crippen LogP contribution is 2.32. The Morgan fingerprint density at radius 3 is 2.89 bits per heavy atom. The van der Waals surface area contributed by atoms with Gasteiger partial charge in [0.2, 0.25) is 0 Å². The van der Waals surface area contributed by atoms with Crippen LogP contribution in [0.25, 0.3) is 11.0 Å². The molecule has 1 saturated heterocycles. The molecule has 0 radical (unpaired) electrons. The number of aromatic nitrogens is 2. The summed E-state index contributed by atoms with van der Waals surface area (Å²) in [5.74, 6) is 0. The van der Waals surface area contributed by atoms with Gasteiger partial charge in [0.1, 0.15) is 0 Å². The lowest BCUT2D eigenvalue weighted by Gasteiger charge is -2.25. The predicted octanol–water partition coefficient (Wildman–Crippen LogP) is 3.22. The lowest BCUT2D eigenvalue weighted by Crippen LogP contribution is -2.32. The number of hydrogen-bond donors (Lipinski definition) is 1. The van der Waals surface area contributed by atoms with Crippen LogP contribution in [0.3, 0.4) is 0 Å². The molecule has 0 saturated carbocycles. The summed E-state index contributed by atoms with van der Waals surface area (Å²) >= 11 is 0. The van der Waals surface area contributed by atoms with E-state index in [9.17, 15) is 0 Å². The molecule has 1 aliphatic heterocycles. The van der Waals surface area contributed by atoms with Gasteiger partial charge in [0.15, 0.2) is 0 Å². The van der Waals surface area contributed by atoms with Crippen LogP contribution in [0.1, 0.15) is 45.2 Å². The average molecular weight is 243 g/mol. The van der Waals surface area contributed by atoms with Gasteiger partial charge in [-0.25, -0.2) is 4.98 Å². The molecule has 1 aliphatic rings. The summed E-state index contributed by atoms with van der Waals surface area (Å²) in [6.07, 6.45) is 4.42. The Morgan fingerprint density at radius 1 is 1.39 bits per heavy atom. The molecule has 1 N–H and O–H groups in total. The SMILES string of the molecule is CC(C)n1cnc2cc(C3(C)CCCN3)ccc21. The highest BCUT2D eigenvalue weighted by atomic mass is 15.1. The van der Waals surface area contributed by atoms with Gasteiger partial charge in [-0.05, 0) is 57.9 Å². The number of fused-ring (bicyclic) bond motifs is 1. The van der Waals surface area contributed by atoms with Crippen molar-refractivity contribution in [3.8, 4) is 0 Å². The van der Waals surface area contributed by atoms with Crippen molar-refractivity contribution in [3.05, 3.63) is 30.1 Å². The highest BCUT2D eigenvalue weighted by Gasteiger charge is 2.30. The molecule has 0 bridgehead atoms. The summed E-state index contributed by atoms with van der Waals surface area (Å²) in [7, 11) is 0. The minimum absolute atomic E-state index is 0.135. The number of nitrogens with one attached hydrogen (secondary N) is 1. The Labute approximate surface area is 108 Å². The molecule has 1 aromatic carbocycles. The molecule has 2 heterocycles. The van der Waals surface area contributed by atoms with E-state index in [0.29, 0.717) is 6.04 Å². The van der Waals surface area contributed by atoms with Crippen molar-refractivity contribution < 1.29 is 0 Å². The molecule has 96 valence electrons. The van der Waals surface area contributed by atoms with E-state index < -0.39 is 0 Å². The monoisotopic (exact) mass is 243 g/mol. The molecule has 3 rings (SSSR count). The van der Waals surface area contributed by atoms with Gasteiger partial charge in [-0.15, -0.1) is 0 Å². The van der Waals surface area contributed by atoms with Gasteiger partial charge in [-0.2, -0.15) is 0 Å². The van der Waals surface area contributed by atoms with Gasteiger partial charge in [-0.1, -0.05) is 6.07 Å². The Bertz CT molecular complexity index is 562. The Morgan fingerprint density at radius 2 is 2.22 bits per heavy atom. The second kappa shape index (κ2) is 4.09. The molecule has 2 aromatic rings. The van der Waals surface area contributed by atoms with E-state index in [1.807, 2.05) is 6.33 Å². The van der Waals surface area contributed by atoms with E-state index in [4.69, 9.17) is 0 Å². The van der Waals surface area contributed by atoms with Crippen molar-refractivity contribution in [1.29, 1.82) is 0 Å². The van der Waals surface area contributed by atoms with E-state index in [1.165, 1.54) is 23.9 Å².